The van der Waals surface area contributed by atoms with E-state index in [-0.39, 0.29) is 0 Å². The highest BCUT2D eigenvalue weighted by molar-refractivity contribution is 9.13. The van der Waals surface area contributed by atoms with E-state index in [1.807, 2.05) is 13.0 Å². The molecular weight excluding hydrogens is 362 g/mol. The standard InChI is InChI=1S/C12H13Br2N3O/c1-8-16-12(18-17-8)4-5-15-7-9-2-3-10(13)11(14)6-9/h2-3,6,15H,4-5,7H2,1H3. The Morgan fingerprint density at radius 3 is 2.78 bits per heavy atom. The molecule has 0 aliphatic carbocycles. The SMILES string of the molecule is Cc1noc(CCNCc2ccc(Br)c(Br)c2)n1. The first-order valence-corrected chi connectivity index (χ1v) is 7.17. The number of nitrogens with one attached hydrogen (secondary N) is 1. The molecule has 0 spiro atoms. The van der Waals surface area contributed by atoms with Gasteiger partial charge in [-0.25, -0.2) is 0 Å². The van der Waals surface area contributed by atoms with Gasteiger partial charge in [-0.15, -0.1) is 0 Å². The number of benzene rings is 1. The van der Waals surface area contributed by atoms with Crippen molar-refractivity contribution in [2.24, 2.45) is 0 Å². The molecule has 0 amide bonds. The van der Waals surface area contributed by atoms with Crippen LogP contribution in [0.3, 0.4) is 0 Å². The summed E-state index contributed by atoms with van der Waals surface area (Å²) in [5.74, 6) is 1.36. The van der Waals surface area contributed by atoms with Gasteiger partial charge in [0.2, 0.25) is 5.89 Å². The molecule has 1 heterocycles. The van der Waals surface area contributed by atoms with Crippen molar-refractivity contribution >= 4 is 31.9 Å². The highest BCUT2D eigenvalue weighted by Crippen LogP contribution is 2.23. The van der Waals surface area contributed by atoms with Crippen LogP contribution in [0.25, 0.3) is 0 Å². The molecule has 1 aromatic carbocycles. The first-order valence-electron chi connectivity index (χ1n) is 5.59. The van der Waals surface area contributed by atoms with Crippen LogP contribution in [0.5, 0.6) is 0 Å². The van der Waals surface area contributed by atoms with Crippen LogP contribution in [0, 0.1) is 6.92 Å². The van der Waals surface area contributed by atoms with Gasteiger partial charge < -0.3 is 9.84 Å². The van der Waals surface area contributed by atoms with Gasteiger partial charge in [-0.3, -0.25) is 0 Å². The van der Waals surface area contributed by atoms with Crippen LogP contribution in [0.1, 0.15) is 17.3 Å². The van der Waals surface area contributed by atoms with Crippen LogP contribution in [0.2, 0.25) is 0 Å². The monoisotopic (exact) mass is 373 g/mol. The predicted octanol–water partition coefficient (Wildman–Crippen LogP) is 3.24. The van der Waals surface area contributed by atoms with Crippen molar-refractivity contribution in [2.45, 2.75) is 19.9 Å². The summed E-state index contributed by atoms with van der Waals surface area (Å²) in [6.07, 6.45) is 0.749. The quantitative estimate of drug-likeness (QED) is 0.816. The maximum Gasteiger partial charge on any atom is 0.227 e. The largest absolute Gasteiger partial charge is 0.339 e. The molecule has 0 bridgehead atoms. The molecule has 6 heteroatoms. The second kappa shape index (κ2) is 6.45. The summed E-state index contributed by atoms with van der Waals surface area (Å²) >= 11 is 6.94. The number of rotatable bonds is 5. The van der Waals surface area contributed by atoms with Crippen molar-refractivity contribution in [1.82, 2.24) is 15.5 Å². The number of aryl methyl sites for hydroxylation is 1. The molecule has 0 aliphatic heterocycles. The van der Waals surface area contributed by atoms with E-state index in [4.69, 9.17) is 4.52 Å². The third-order valence-corrected chi connectivity index (χ3v) is 4.28. The minimum Gasteiger partial charge on any atom is -0.339 e. The normalized spacial score (nSPS) is 10.8. The molecule has 0 fully saturated rings. The van der Waals surface area contributed by atoms with Crippen molar-refractivity contribution in [3.8, 4) is 0 Å². The van der Waals surface area contributed by atoms with E-state index in [2.05, 4.69) is 59.5 Å². The minimum absolute atomic E-state index is 0.678. The van der Waals surface area contributed by atoms with Gasteiger partial charge in [0, 0.05) is 28.5 Å². The molecule has 4 nitrogen and oxygen atoms in total. The Labute approximate surface area is 122 Å². The van der Waals surface area contributed by atoms with Crippen molar-refractivity contribution in [3.63, 3.8) is 0 Å². The second-order valence-corrected chi connectivity index (χ2v) is 5.62. The van der Waals surface area contributed by atoms with Gasteiger partial charge in [-0.1, -0.05) is 11.2 Å². The number of nitrogens with zero attached hydrogens (tertiary/aromatic N) is 2. The summed E-state index contributed by atoms with van der Waals surface area (Å²) in [5, 5.41) is 7.09. The van der Waals surface area contributed by atoms with Crippen molar-refractivity contribution in [3.05, 3.63) is 44.4 Å². The molecule has 0 unspecified atom stereocenters. The zero-order chi connectivity index (χ0) is 13.0. The number of hydrogen-bond acceptors (Lipinski definition) is 4. The fourth-order valence-corrected chi connectivity index (χ4v) is 2.19. The van der Waals surface area contributed by atoms with E-state index in [1.165, 1.54) is 5.56 Å². The third kappa shape index (κ3) is 3.90. The second-order valence-electron chi connectivity index (χ2n) is 3.91. The Bertz CT molecular complexity index is 528. The summed E-state index contributed by atoms with van der Waals surface area (Å²) in [6, 6.07) is 6.20. The maximum atomic E-state index is 5.04. The van der Waals surface area contributed by atoms with E-state index in [1.54, 1.807) is 0 Å². The summed E-state index contributed by atoms with van der Waals surface area (Å²) < 4.78 is 7.16. The molecule has 2 aromatic rings. The van der Waals surface area contributed by atoms with Crippen LogP contribution in [0.15, 0.2) is 31.7 Å². The van der Waals surface area contributed by atoms with Crippen LogP contribution in [0.4, 0.5) is 0 Å². The fraction of sp³-hybridized carbons (Fsp3) is 0.333. The van der Waals surface area contributed by atoms with Gasteiger partial charge >= 0.3 is 0 Å². The summed E-state index contributed by atoms with van der Waals surface area (Å²) in [4.78, 5) is 4.15. The average molecular weight is 375 g/mol. The van der Waals surface area contributed by atoms with Crippen LogP contribution < -0.4 is 5.32 Å². The lowest BCUT2D eigenvalue weighted by Gasteiger charge is -2.04. The molecule has 0 radical (unpaired) electrons. The van der Waals surface area contributed by atoms with Crippen LogP contribution >= 0.6 is 31.9 Å². The van der Waals surface area contributed by atoms with E-state index in [9.17, 15) is 0 Å². The zero-order valence-electron chi connectivity index (χ0n) is 9.91. The summed E-state index contributed by atoms with van der Waals surface area (Å²) in [6.45, 7) is 3.45. The van der Waals surface area contributed by atoms with Gasteiger partial charge in [-0.05, 0) is 56.5 Å². The van der Waals surface area contributed by atoms with Crippen molar-refractivity contribution in [2.75, 3.05) is 6.54 Å². The summed E-state index contributed by atoms with van der Waals surface area (Å²) in [5.41, 5.74) is 1.23. The predicted molar refractivity (Wildman–Crippen MR) is 76.3 cm³/mol. The lowest BCUT2D eigenvalue weighted by molar-refractivity contribution is 0.372. The highest BCUT2D eigenvalue weighted by Gasteiger charge is 2.02. The van der Waals surface area contributed by atoms with E-state index in [0.717, 1.165) is 28.5 Å². The maximum absolute atomic E-state index is 5.04. The lowest BCUT2D eigenvalue weighted by atomic mass is 10.2. The Balaban J connectivity index is 1.76. The van der Waals surface area contributed by atoms with Crippen molar-refractivity contribution in [1.29, 1.82) is 0 Å². The van der Waals surface area contributed by atoms with E-state index < -0.39 is 0 Å². The molecule has 96 valence electrons. The van der Waals surface area contributed by atoms with Gasteiger partial charge in [0.25, 0.3) is 0 Å². The number of aromatic nitrogens is 2. The first-order chi connectivity index (χ1) is 8.65. The zero-order valence-corrected chi connectivity index (χ0v) is 13.1. The Kier molecular flexibility index (Phi) is 4.91. The van der Waals surface area contributed by atoms with Gasteiger partial charge in [-0.2, -0.15) is 4.98 Å². The minimum atomic E-state index is 0.678. The van der Waals surface area contributed by atoms with E-state index >= 15 is 0 Å². The number of halogens is 2. The molecule has 0 atom stereocenters. The van der Waals surface area contributed by atoms with Crippen LogP contribution in [-0.4, -0.2) is 16.7 Å². The Hall–Kier alpha value is -0.720. The third-order valence-electron chi connectivity index (χ3n) is 2.40. The van der Waals surface area contributed by atoms with Crippen molar-refractivity contribution < 1.29 is 4.52 Å². The lowest BCUT2D eigenvalue weighted by Crippen LogP contribution is -2.16. The average Bonchev–Trinajstić information content (AvgIpc) is 2.75. The van der Waals surface area contributed by atoms with Crippen LogP contribution in [-0.2, 0) is 13.0 Å². The Morgan fingerprint density at radius 1 is 1.28 bits per heavy atom. The summed E-state index contributed by atoms with van der Waals surface area (Å²) in [7, 11) is 0. The molecule has 0 aliphatic rings. The molecule has 2 rings (SSSR count). The first kappa shape index (κ1) is 13.7. The topological polar surface area (TPSA) is 51.0 Å². The van der Waals surface area contributed by atoms with Gasteiger partial charge in [0.1, 0.15) is 0 Å². The fourth-order valence-electron chi connectivity index (χ4n) is 1.52. The molecule has 18 heavy (non-hydrogen) atoms. The van der Waals surface area contributed by atoms with E-state index in [0.29, 0.717) is 11.7 Å². The molecule has 0 saturated carbocycles. The Morgan fingerprint density at radius 2 is 2.11 bits per heavy atom. The molecule has 0 saturated heterocycles. The number of hydrogen-bond donors (Lipinski definition) is 1. The molecule has 1 N–H and O–H groups in total. The molecule has 1 aromatic heterocycles. The van der Waals surface area contributed by atoms with Gasteiger partial charge in [0.15, 0.2) is 5.82 Å². The van der Waals surface area contributed by atoms with Gasteiger partial charge in [0.05, 0.1) is 0 Å². The molecular formula is C12H13Br2N3O. The smallest absolute Gasteiger partial charge is 0.227 e. The highest BCUT2D eigenvalue weighted by atomic mass is 79.9.